The first kappa shape index (κ1) is 15.7. The van der Waals surface area contributed by atoms with Crippen molar-refractivity contribution in [3.8, 4) is 0 Å². The number of nitrogens with one attached hydrogen (secondary N) is 2. The Morgan fingerprint density at radius 3 is 2.42 bits per heavy atom. The molecule has 0 aliphatic carbocycles. The molecule has 1 amide bonds. The average molecular weight is 264 g/mol. The second-order valence-corrected chi connectivity index (χ2v) is 4.81. The molecule has 2 atom stereocenters. The van der Waals surface area contributed by atoms with E-state index in [9.17, 15) is 4.79 Å². The van der Waals surface area contributed by atoms with Crippen molar-refractivity contribution in [2.45, 2.75) is 32.9 Å². The van der Waals surface area contributed by atoms with Crippen LogP contribution in [-0.4, -0.2) is 38.3 Å². The van der Waals surface area contributed by atoms with Crippen LogP contribution in [0.5, 0.6) is 0 Å². The van der Waals surface area contributed by atoms with Crippen LogP contribution < -0.4 is 10.6 Å². The Balaban J connectivity index is 2.26. The zero-order valence-corrected chi connectivity index (χ0v) is 12.2. The minimum absolute atomic E-state index is 0.0331. The molecular formula is C15H24N2O2. The summed E-state index contributed by atoms with van der Waals surface area (Å²) < 4.78 is 5.22. The van der Waals surface area contributed by atoms with Crippen molar-refractivity contribution >= 4 is 5.91 Å². The summed E-state index contributed by atoms with van der Waals surface area (Å²) in [4.78, 5) is 11.8. The Morgan fingerprint density at radius 1 is 1.21 bits per heavy atom. The van der Waals surface area contributed by atoms with Gasteiger partial charge in [-0.25, -0.2) is 0 Å². The molecule has 0 saturated carbocycles. The number of carbonyl (C=O) groups excluding carboxylic acids is 1. The summed E-state index contributed by atoms with van der Waals surface area (Å²) in [6.07, 6.45) is 0.160. The minimum Gasteiger partial charge on any atom is -0.380 e. The third-order valence-electron chi connectivity index (χ3n) is 3.27. The quantitative estimate of drug-likeness (QED) is 0.738. The lowest BCUT2D eigenvalue weighted by Gasteiger charge is -2.19. The number of hydrogen-bond acceptors (Lipinski definition) is 3. The number of aryl methyl sites for hydroxylation is 1. The standard InChI is InChI=1S/C15H24N2O2/c1-11-5-7-14(8-6-11)15(18)17-10-9-16-12(2)13(3)19-4/h5-8,12-13,16H,9-10H2,1-4H3,(H,17,18). The highest BCUT2D eigenvalue weighted by Gasteiger charge is 2.10. The van der Waals surface area contributed by atoms with E-state index >= 15 is 0 Å². The van der Waals surface area contributed by atoms with Crippen LogP contribution in [0.15, 0.2) is 24.3 Å². The summed E-state index contributed by atoms with van der Waals surface area (Å²) in [6, 6.07) is 7.83. The highest BCUT2D eigenvalue weighted by molar-refractivity contribution is 5.94. The highest BCUT2D eigenvalue weighted by Crippen LogP contribution is 2.02. The third kappa shape index (κ3) is 5.41. The fraction of sp³-hybridized carbons (Fsp3) is 0.533. The van der Waals surface area contributed by atoms with Crippen molar-refractivity contribution in [2.75, 3.05) is 20.2 Å². The summed E-state index contributed by atoms with van der Waals surface area (Å²) in [5.41, 5.74) is 1.85. The monoisotopic (exact) mass is 264 g/mol. The molecule has 2 N–H and O–H groups in total. The molecule has 0 spiro atoms. The first-order valence-electron chi connectivity index (χ1n) is 6.65. The summed E-state index contributed by atoms with van der Waals surface area (Å²) >= 11 is 0. The summed E-state index contributed by atoms with van der Waals surface area (Å²) in [7, 11) is 1.70. The molecule has 106 valence electrons. The van der Waals surface area contributed by atoms with Gasteiger partial charge in [0.1, 0.15) is 0 Å². The largest absolute Gasteiger partial charge is 0.380 e. The van der Waals surface area contributed by atoms with Gasteiger partial charge in [-0.15, -0.1) is 0 Å². The zero-order valence-electron chi connectivity index (χ0n) is 12.2. The fourth-order valence-corrected chi connectivity index (χ4v) is 1.65. The molecule has 1 aromatic carbocycles. The van der Waals surface area contributed by atoms with E-state index in [0.717, 1.165) is 12.1 Å². The van der Waals surface area contributed by atoms with Crippen molar-refractivity contribution in [3.05, 3.63) is 35.4 Å². The van der Waals surface area contributed by atoms with Crippen LogP contribution >= 0.6 is 0 Å². The Bertz CT molecular complexity index is 390. The number of benzene rings is 1. The van der Waals surface area contributed by atoms with Crippen molar-refractivity contribution in [3.63, 3.8) is 0 Å². The first-order valence-corrected chi connectivity index (χ1v) is 6.65. The normalized spacial score (nSPS) is 13.9. The van der Waals surface area contributed by atoms with Crippen LogP contribution in [0.3, 0.4) is 0 Å². The van der Waals surface area contributed by atoms with Gasteiger partial charge in [-0.05, 0) is 32.9 Å². The Hall–Kier alpha value is -1.39. The second kappa shape index (κ2) is 7.92. The summed E-state index contributed by atoms with van der Waals surface area (Å²) in [5.74, 6) is -0.0331. The van der Waals surface area contributed by atoms with Gasteiger partial charge in [0.15, 0.2) is 0 Å². The molecule has 4 nitrogen and oxygen atoms in total. The maximum atomic E-state index is 11.8. The molecule has 2 unspecified atom stereocenters. The van der Waals surface area contributed by atoms with E-state index in [4.69, 9.17) is 4.74 Å². The summed E-state index contributed by atoms with van der Waals surface area (Å²) in [5, 5.41) is 6.20. The fourth-order valence-electron chi connectivity index (χ4n) is 1.65. The Morgan fingerprint density at radius 2 is 1.84 bits per heavy atom. The lowest BCUT2D eigenvalue weighted by atomic mass is 10.1. The molecule has 0 saturated heterocycles. The van der Waals surface area contributed by atoms with E-state index in [1.807, 2.05) is 38.1 Å². The van der Waals surface area contributed by atoms with E-state index in [-0.39, 0.29) is 18.1 Å². The van der Waals surface area contributed by atoms with Crippen molar-refractivity contribution < 1.29 is 9.53 Å². The minimum atomic E-state index is -0.0331. The lowest BCUT2D eigenvalue weighted by molar-refractivity contribution is 0.0880. The van der Waals surface area contributed by atoms with Crippen LogP contribution in [0.25, 0.3) is 0 Å². The maximum absolute atomic E-state index is 11.8. The van der Waals surface area contributed by atoms with E-state index in [0.29, 0.717) is 12.1 Å². The Kier molecular flexibility index (Phi) is 6.53. The molecule has 4 heteroatoms. The van der Waals surface area contributed by atoms with Crippen LogP contribution in [-0.2, 0) is 4.74 Å². The summed E-state index contributed by atoms with van der Waals surface area (Å²) in [6.45, 7) is 7.42. The van der Waals surface area contributed by atoms with E-state index < -0.39 is 0 Å². The highest BCUT2D eigenvalue weighted by atomic mass is 16.5. The van der Waals surface area contributed by atoms with Crippen molar-refractivity contribution in [1.29, 1.82) is 0 Å². The predicted molar refractivity (Wildman–Crippen MR) is 77.4 cm³/mol. The maximum Gasteiger partial charge on any atom is 0.251 e. The number of rotatable bonds is 7. The molecule has 19 heavy (non-hydrogen) atoms. The van der Waals surface area contributed by atoms with Crippen LogP contribution in [0.4, 0.5) is 0 Å². The van der Waals surface area contributed by atoms with Gasteiger partial charge >= 0.3 is 0 Å². The predicted octanol–water partition coefficient (Wildman–Crippen LogP) is 1.74. The molecule has 0 heterocycles. The Labute approximate surface area is 115 Å². The zero-order chi connectivity index (χ0) is 14.3. The van der Waals surface area contributed by atoms with Crippen LogP contribution in [0, 0.1) is 6.92 Å². The molecule has 1 rings (SSSR count). The first-order chi connectivity index (χ1) is 9.04. The van der Waals surface area contributed by atoms with E-state index in [1.165, 1.54) is 0 Å². The number of methoxy groups -OCH3 is 1. The van der Waals surface area contributed by atoms with Gasteiger partial charge in [0, 0.05) is 31.8 Å². The molecule has 0 aliphatic rings. The topological polar surface area (TPSA) is 50.4 Å². The molecule has 1 aromatic rings. The van der Waals surface area contributed by atoms with Gasteiger partial charge in [-0.3, -0.25) is 4.79 Å². The van der Waals surface area contributed by atoms with Gasteiger partial charge in [0.05, 0.1) is 6.10 Å². The number of amides is 1. The van der Waals surface area contributed by atoms with Gasteiger partial charge in [-0.2, -0.15) is 0 Å². The lowest BCUT2D eigenvalue weighted by Crippen LogP contribution is -2.41. The number of carbonyl (C=O) groups is 1. The van der Waals surface area contributed by atoms with Crippen LogP contribution in [0.2, 0.25) is 0 Å². The molecular weight excluding hydrogens is 240 g/mol. The van der Waals surface area contributed by atoms with Gasteiger partial charge in [-0.1, -0.05) is 17.7 Å². The third-order valence-corrected chi connectivity index (χ3v) is 3.27. The smallest absolute Gasteiger partial charge is 0.251 e. The van der Waals surface area contributed by atoms with Crippen molar-refractivity contribution in [1.82, 2.24) is 10.6 Å². The van der Waals surface area contributed by atoms with Gasteiger partial charge in [0.2, 0.25) is 0 Å². The van der Waals surface area contributed by atoms with Crippen LogP contribution in [0.1, 0.15) is 29.8 Å². The van der Waals surface area contributed by atoms with Crippen molar-refractivity contribution in [2.24, 2.45) is 0 Å². The molecule has 0 radical (unpaired) electrons. The van der Waals surface area contributed by atoms with Gasteiger partial charge in [0.25, 0.3) is 5.91 Å². The van der Waals surface area contributed by atoms with Gasteiger partial charge < -0.3 is 15.4 Å². The average Bonchev–Trinajstić information content (AvgIpc) is 2.42. The number of ether oxygens (including phenoxy) is 1. The molecule has 0 fully saturated rings. The SMILES string of the molecule is COC(C)C(C)NCCNC(=O)c1ccc(C)cc1. The second-order valence-electron chi connectivity index (χ2n) is 4.81. The molecule has 0 aromatic heterocycles. The molecule has 0 bridgehead atoms. The molecule has 0 aliphatic heterocycles. The number of hydrogen-bond donors (Lipinski definition) is 2. The van der Waals surface area contributed by atoms with E-state index in [2.05, 4.69) is 17.6 Å². The van der Waals surface area contributed by atoms with E-state index in [1.54, 1.807) is 7.11 Å².